The number of hydrogen-bond acceptors (Lipinski definition) is 6. The molecule has 1 aliphatic rings. The lowest BCUT2D eigenvalue weighted by Gasteiger charge is -2.38. The van der Waals surface area contributed by atoms with Gasteiger partial charge in [0.2, 0.25) is 15.9 Å². The zero-order chi connectivity index (χ0) is 30.0. The Labute approximate surface area is 248 Å². The zero-order valence-corrected chi connectivity index (χ0v) is 24.9. The third-order valence-corrected chi connectivity index (χ3v) is 9.59. The maximum atomic E-state index is 13.2. The first-order valence-electron chi connectivity index (χ1n) is 14.3. The molecule has 10 heteroatoms. The third-order valence-electron chi connectivity index (χ3n) is 7.76. The highest BCUT2D eigenvalue weighted by Crippen LogP contribution is 2.26. The molecular formula is C32H40N4O5S. The van der Waals surface area contributed by atoms with Gasteiger partial charge in [0.15, 0.2) is 0 Å². The summed E-state index contributed by atoms with van der Waals surface area (Å²) in [5.41, 5.74) is 7.43. The van der Waals surface area contributed by atoms with Crippen LogP contribution in [0.25, 0.3) is 0 Å². The van der Waals surface area contributed by atoms with E-state index in [-0.39, 0.29) is 30.0 Å². The number of benzene rings is 3. The molecule has 0 saturated carbocycles. The number of piperidine rings is 1. The van der Waals surface area contributed by atoms with E-state index in [1.54, 1.807) is 37.4 Å². The summed E-state index contributed by atoms with van der Waals surface area (Å²) in [5, 5.41) is 0. The molecule has 1 saturated heterocycles. The largest absolute Gasteiger partial charge is 0.445 e. The fourth-order valence-corrected chi connectivity index (χ4v) is 6.61. The molecule has 0 bridgehead atoms. The van der Waals surface area contributed by atoms with E-state index in [9.17, 15) is 18.0 Å². The first kappa shape index (κ1) is 31.2. The standard InChI is InChI=1S/C32H40N4O5S/c1-34(42(39,40)30-15-9-4-10-16-30)23-28(27-13-7-3-8-14-27)17-20-35-21-18-29(19-22-35)36(24-31(33)37)32(38)41-25-26-11-5-2-6-12-26/h2-16,28-29H,17-25H2,1H3,(H2,33,37)/t28-/m1/s1. The third kappa shape index (κ3) is 8.64. The number of carbonyl (C=O) groups is 2. The molecule has 2 N–H and O–H groups in total. The number of carbonyl (C=O) groups excluding carboxylic acids is 2. The van der Waals surface area contributed by atoms with Crippen LogP contribution in [0.5, 0.6) is 0 Å². The molecular weight excluding hydrogens is 552 g/mol. The average Bonchev–Trinajstić information content (AvgIpc) is 3.02. The van der Waals surface area contributed by atoms with Crippen LogP contribution in [0.1, 0.15) is 36.3 Å². The van der Waals surface area contributed by atoms with Crippen molar-refractivity contribution in [2.75, 3.05) is 39.8 Å². The topological polar surface area (TPSA) is 113 Å². The predicted molar refractivity (Wildman–Crippen MR) is 162 cm³/mol. The van der Waals surface area contributed by atoms with Crippen LogP contribution in [0.4, 0.5) is 4.79 Å². The quantitative estimate of drug-likeness (QED) is 0.320. The van der Waals surface area contributed by atoms with Gasteiger partial charge in [-0.15, -0.1) is 0 Å². The van der Waals surface area contributed by atoms with Gasteiger partial charge in [-0.1, -0.05) is 78.9 Å². The Hall–Kier alpha value is -3.73. The molecule has 3 aromatic rings. The Balaban J connectivity index is 1.35. The first-order valence-corrected chi connectivity index (χ1v) is 15.7. The monoisotopic (exact) mass is 592 g/mol. The number of amides is 2. The summed E-state index contributed by atoms with van der Waals surface area (Å²) in [4.78, 5) is 28.8. The number of likely N-dealkylation sites (tertiary alicyclic amines) is 1. The Bertz CT molecular complexity index is 1380. The van der Waals surface area contributed by atoms with Crippen molar-refractivity contribution in [1.82, 2.24) is 14.1 Å². The number of sulfonamides is 1. The van der Waals surface area contributed by atoms with E-state index >= 15 is 0 Å². The molecule has 1 fully saturated rings. The van der Waals surface area contributed by atoms with E-state index in [1.165, 1.54) is 9.21 Å². The molecule has 4 rings (SSSR count). The van der Waals surface area contributed by atoms with E-state index in [0.29, 0.717) is 19.4 Å². The van der Waals surface area contributed by atoms with Gasteiger partial charge in [-0.05, 0) is 55.0 Å². The van der Waals surface area contributed by atoms with Crippen LogP contribution in [0.2, 0.25) is 0 Å². The molecule has 0 aromatic heterocycles. The molecule has 42 heavy (non-hydrogen) atoms. The lowest BCUT2D eigenvalue weighted by atomic mass is 9.94. The number of rotatable bonds is 13. The van der Waals surface area contributed by atoms with Crippen LogP contribution >= 0.6 is 0 Å². The minimum Gasteiger partial charge on any atom is -0.445 e. The first-order chi connectivity index (χ1) is 20.2. The van der Waals surface area contributed by atoms with Gasteiger partial charge in [0.05, 0.1) is 4.90 Å². The smallest absolute Gasteiger partial charge is 0.410 e. The molecule has 3 aromatic carbocycles. The van der Waals surface area contributed by atoms with E-state index in [4.69, 9.17) is 10.5 Å². The molecule has 0 unspecified atom stereocenters. The molecule has 1 aliphatic heterocycles. The Morgan fingerprint density at radius 3 is 2.10 bits per heavy atom. The highest BCUT2D eigenvalue weighted by atomic mass is 32.2. The summed E-state index contributed by atoms with van der Waals surface area (Å²) < 4.78 is 33.4. The van der Waals surface area contributed by atoms with Crippen molar-refractivity contribution >= 4 is 22.0 Å². The lowest BCUT2D eigenvalue weighted by Crippen LogP contribution is -2.50. The fraction of sp³-hybridized carbons (Fsp3) is 0.375. The minimum absolute atomic E-state index is 0.00624. The van der Waals surface area contributed by atoms with Crippen molar-refractivity contribution < 1.29 is 22.7 Å². The summed E-state index contributed by atoms with van der Waals surface area (Å²) in [6.07, 6.45) is 1.61. The van der Waals surface area contributed by atoms with Crippen molar-refractivity contribution in [3.05, 3.63) is 102 Å². The van der Waals surface area contributed by atoms with Gasteiger partial charge in [-0.3, -0.25) is 9.69 Å². The highest BCUT2D eigenvalue weighted by Gasteiger charge is 2.31. The van der Waals surface area contributed by atoms with Crippen LogP contribution in [-0.2, 0) is 26.2 Å². The van der Waals surface area contributed by atoms with E-state index in [2.05, 4.69) is 4.90 Å². The fourth-order valence-electron chi connectivity index (χ4n) is 5.38. The van der Waals surface area contributed by atoms with Gasteiger partial charge in [-0.25, -0.2) is 17.5 Å². The molecule has 9 nitrogen and oxygen atoms in total. The average molecular weight is 593 g/mol. The summed E-state index contributed by atoms with van der Waals surface area (Å²) in [7, 11) is -1.98. The summed E-state index contributed by atoms with van der Waals surface area (Å²) in [6, 6.07) is 27.7. The number of primary amides is 1. The minimum atomic E-state index is -3.61. The number of ether oxygens (including phenoxy) is 1. The van der Waals surface area contributed by atoms with Crippen molar-refractivity contribution in [1.29, 1.82) is 0 Å². The normalized spacial score (nSPS) is 15.3. The SMILES string of the molecule is CN(C[C@@H](CCN1CCC(N(CC(N)=O)C(=O)OCc2ccccc2)CC1)c1ccccc1)S(=O)(=O)c1ccccc1. The van der Waals surface area contributed by atoms with Crippen molar-refractivity contribution in [3.8, 4) is 0 Å². The Morgan fingerprint density at radius 2 is 1.50 bits per heavy atom. The van der Waals surface area contributed by atoms with Gasteiger partial charge in [0.1, 0.15) is 13.2 Å². The van der Waals surface area contributed by atoms with Crippen LogP contribution in [0, 0.1) is 0 Å². The molecule has 1 heterocycles. The van der Waals surface area contributed by atoms with Crippen LogP contribution in [0.15, 0.2) is 95.9 Å². The second-order valence-electron chi connectivity index (χ2n) is 10.7. The lowest BCUT2D eigenvalue weighted by molar-refractivity contribution is -0.119. The van der Waals surface area contributed by atoms with Crippen LogP contribution < -0.4 is 5.73 Å². The van der Waals surface area contributed by atoms with Gasteiger partial charge >= 0.3 is 6.09 Å². The molecule has 2 amide bonds. The number of likely N-dealkylation sites (N-methyl/N-ethyl adjacent to an activating group) is 1. The molecule has 0 radical (unpaired) electrons. The second-order valence-corrected chi connectivity index (χ2v) is 12.7. The zero-order valence-electron chi connectivity index (χ0n) is 24.0. The maximum Gasteiger partial charge on any atom is 0.410 e. The number of nitrogens with zero attached hydrogens (tertiary/aromatic N) is 3. The number of hydrogen-bond donors (Lipinski definition) is 1. The van der Waals surface area contributed by atoms with E-state index < -0.39 is 22.0 Å². The number of nitrogens with two attached hydrogens (primary N) is 1. The second kappa shape index (κ2) is 14.9. The van der Waals surface area contributed by atoms with Gasteiger partial charge in [0, 0.05) is 32.7 Å². The van der Waals surface area contributed by atoms with Crippen molar-refractivity contribution in [3.63, 3.8) is 0 Å². The van der Waals surface area contributed by atoms with Crippen molar-refractivity contribution in [2.24, 2.45) is 5.73 Å². The summed E-state index contributed by atoms with van der Waals surface area (Å²) in [6.45, 7) is 2.56. The van der Waals surface area contributed by atoms with Crippen LogP contribution in [-0.4, -0.2) is 80.3 Å². The highest BCUT2D eigenvalue weighted by molar-refractivity contribution is 7.89. The van der Waals surface area contributed by atoms with Gasteiger partial charge in [0.25, 0.3) is 0 Å². The molecule has 1 atom stereocenters. The van der Waals surface area contributed by atoms with Gasteiger partial charge in [-0.2, -0.15) is 0 Å². The predicted octanol–water partition coefficient (Wildman–Crippen LogP) is 4.07. The van der Waals surface area contributed by atoms with Gasteiger partial charge < -0.3 is 15.4 Å². The molecule has 224 valence electrons. The van der Waals surface area contributed by atoms with Crippen molar-refractivity contribution in [2.45, 2.75) is 42.7 Å². The van der Waals surface area contributed by atoms with Crippen LogP contribution in [0.3, 0.4) is 0 Å². The van der Waals surface area contributed by atoms with E-state index in [1.807, 2.05) is 60.7 Å². The van der Waals surface area contributed by atoms with E-state index in [0.717, 1.165) is 37.2 Å². The maximum absolute atomic E-state index is 13.2. The Kier molecular flexibility index (Phi) is 11.1. The summed E-state index contributed by atoms with van der Waals surface area (Å²) >= 11 is 0. The molecule has 0 aliphatic carbocycles. The molecule has 0 spiro atoms. The Morgan fingerprint density at radius 1 is 0.929 bits per heavy atom. The summed E-state index contributed by atoms with van der Waals surface area (Å²) in [5.74, 6) is -0.568.